The Kier molecular flexibility index (Phi) is 4.08. The Morgan fingerprint density at radius 2 is 1.54 bits per heavy atom. The molecule has 0 aliphatic rings. The predicted octanol–water partition coefficient (Wildman–Crippen LogP) is 1.04. The van der Waals surface area contributed by atoms with Crippen LogP contribution < -0.4 is 11.2 Å². The zero-order valence-electron chi connectivity index (χ0n) is 12.5. The molecule has 0 saturated heterocycles. The second-order valence-electron chi connectivity index (χ2n) is 5.21. The molecule has 0 unspecified atom stereocenters. The van der Waals surface area contributed by atoms with Gasteiger partial charge in [0.25, 0.3) is 15.7 Å². The topological polar surface area (TPSA) is 98.4 Å². The van der Waals surface area contributed by atoms with Crippen LogP contribution in [0.3, 0.4) is 0 Å². The van der Waals surface area contributed by atoms with Crippen molar-refractivity contribution in [1.82, 2.24) is 9.13 Å². The third-order valence-corrected chi connectivity index (χ3v) is 4.33. The minimum Gasteiger partial charge on any atom is -0.285 e. The number of hydrogen-bond donors (Lipinski definition) is 1. The summed E-state index contributed by atoms with van der Waals surface area (Å²) in [5.41, 5.74) is -0.263. The number of aromatic nitrogens is 2. The van der Waals surface area contributed by atoms with Crippen LogP contribution in [0.1, 0.15) is 0 Å². The maximum Gasteiger partial charge on any atom is 0.336 e. The summed E-state index contributed by atoms with van der Waals surface area (Å²) in [6.45, 7) is -0.422. The van der Waals surface area contributed by atoms with Gasteiger partial charge in [-0.3, -0.25) is 18.5 Å². The number of para-hydroxylation sites is 2. The van der Waals surface area contributed by atoms with E-state index in [1.807, 2.05) is 0 Å². The molecule has 7 nitrogen and oxygen atoms in total. The van der Waals surface area contributed by atoms with E-state index in [1.165, 1.54) is 4.57 Å². The molecule has 3 aromatic rings. The van der Waals surface area contributed by atoms with Crippen molar-refractivity contribution in [2.45, 2.75) is 6.54 Å². The van der Waals surface area contributed by atoms with Crippen LogP contribution in [0, 0.1) is 0 Å². The standard InChI is InChI=1S/C16H14N2O5S/c19-15-13-8-4-5-9-14(13)18(12-6-2-1-3-7-12)16(20)17(15)10-11-24(21,22)23/h1-9H,10-11H2,(H,21,22,23). The van der Waals surface area contributed by atoms with Crippen molar-refractivity contribution in [3.8, 4) is 5.69 Å². The van der Waals surface area contributed by atoms with Crippen LogP contribution in [0.2, 0.25) is 0 Å². The van der Waals surface area contributed by atoms with Crippen molar-refractivity contribution in [3.05, 3.63) is 75.4 Å². The summed E-state index contributed by atoms with van der Waals surface area (Å²) in [7, 11) is -4.29. The van der Waals surface area contributed by atoms with Crippen molar-refractivity contribution < 1.29 is 13.0 Å². The summed E-state index contributed by atoms with van der Waals surface area (Å²) < 4.78 is 33.0. The molecule has 24 heavy (non-hydrogen) atoms. The van der Waals surface area contributed by atoms with Crippen molar-refractivity contribution in [1.29, 1.82) is 0 Å². The number of nitrogens with zero attached hydrogens (tertiary/aromatic N) is 2. The van der Waals surface area contributed by atoms with Crippen LogP contribution in [-0.4, -0.2) is 27.9 Å². The molecule has 0 fully saturated rings. The lowest BCUT2D eigenvalue weighted by Crippen LogP contribution is -2.40. The highest BCUT2D eigenvalue weighted by molar-refractivity contribution is 7.85. The lowest BCUT2D eigenvalue weighted by atomic mass is 10.2. The van der Waals surface area contributed by atoms with E-state index in [9.17, 15) is 18.0 Å². The SMILES string of the molecule is O=c1c2ccccc2n(-c2ccccc2)c(=O)n1CCS(=O)(=O)O. The smallest absolute Gasteiger partial charge is 0.285 e. The fourth-order valence-corrected chi connectivity index (χ4v) is 2.95. The van der Waals surface area contributed by atoms with Gasteiger partial charge in [-0.05, 0) is 24.3 Å². The van der Waals surface area contributed by atoms with Crippen LogP contribution >= 0.6 is 0 Å². The molecule has 0 aliphatic carbocycles. The van der Waals surface area contributed by atoms with Crippen molar-refractivity contribution in [3.63, 3.8) is 0 Å². The first-order chi connectivity index (χ1) is 11.4. The molecule has 3 rings (SSSR count). The Hall–Kier alpha value is -2.71. The van der Waals surface area contributed by atoms with E-state index in [2.05, 4.69) is 0 Å². The van der Waals surface area contributed by atoms with E-state index in [-0.39, 0.29) is 5.39 Å². The predicted molar refractivity (Wildman–Crippen MR) is 90.2 cm³/mol. The van der Waals surface area contributed by atoms with Gasteiger partial charge in [-0.1, -0.05) is 30.3 Å². The molecule has 8 heteroatoms. The van der Waals surface area contributed by atoms with Crippen molar-refractivity contribution >= 4 is 21.0 Å². The van der Waals surface area contributed by atoms with Crippen LogP contribution in [0.4, 0.5) is 0 Å². The zero-order valence-corrected chi connectivity index (χ0v) is 13.3. The molecule has 0 amide bonds. The average molecular weight is 346 g/mol. The quantitative estimate of drug-likeness (QED) is 0.712. The summed E-state index contributed by atoms with van der Waals surface area (Å²) >= 11 is 0. The minimum atomic E-state index is -4.29. The van der Waals surface area contributed by atoms with Crippen LogP contribution in [0.25, 0.3) is 16.6 Å². The van der Waals surface area contributed by atoms with E-state index in [1.54, 1.807) is 54.6 Å². The van der Waals surface area contributed by atoms with E-state index >= 15 is 0 Å². The third-order valence-electron chi connectivity index (χ3n) is 3.63. The van der Waals surface area contributed by atoms with Crippen molar-refractivity contribution in [2.24, 2.45) is 0 Å². The molecule has 0 aliphatic heterocycles. The fourth-order valence-electron chi connectivity index (χ4n) is 2.54. The van der Waals surface area contributed by atoms with Gasteiger partial charge in [0.2, 0.25) is 0 Å². The van der Waals surface area contributed by atoms with Gasteiger partial charge in [0.05, 0.1) is 22.3 Å². The maximum atomic E-state index is 12.8. The highest BCUT2D eigenvalue weighted by Crippen LogP contribution is 2.13. The van der Waals surface area contributed by atoms with Gasteiger partial charge >= 0.3 is 5.69 Å². The number of fused-ring (bicyclic) bond motifs is 1. The Balaban J connectivity index is 2.35. The summed E-state index contributed by atoms with van der Waals surface area (Å²) in [5, 5.41) is 0.288. The lowest BCUT2D eigenvalue weighted by Gasteiger charge is -2.13. The molecule has 0 radical (unpaired) electrons. The highest BCUT2D eigenvalue weighted by atomic mass is 32.2. The zero-order chi connectivity index (χ0) is 17.3. The molecule has 0 bridgehead atoms. The number of rotatable bonds is 4. The van der Waals surface area contributed by atoms with Gasteiger partial charge < -0.3 is 0 Å². The van der Waals surface area contributed by atoms with Crippen LogP contribution in [0.5, 0.6) is 0 Å². The summed E-state index contributed by atoms with van der Waals surface area (Å²) in [6.07, 6.45) is 0. The Morgan fingerprint density at radius 1 is 0.917 bits per heavy atom. The molecule has 1 heterocycles. The van der Waals surface area contributed by atoms with E-state index in [0.717, 1.165) is 4.57 Å². The Bertz CT molecular complexity index is 1110. The van der Waals surface area contributed by atoms with Gasteiger partial charge in [-0.2, -0.15) is 8.42 Å². The lowest BCUT2D eigenvalue weighted by molar-refractivity contribution is 0.476. The van der Waals surface area contributed by atoms with Gasteiger partial charge in [-0.15, -0.1) is 0 Å². The fraction of sp³-hybridized carbons (Fsp3) is 0.125. The molecule has 0 atom stereocenters. The maximum absolute atomic E-state index is 12.8. The minimum absolute atomic E-state index is 0.288. The first-order valence-corrected chi connectivity index (χ1v) is 8.74. The Morgan fingerprint density at radius 3 is 2.21 bits per heavy atom. The van der Waals surface area contributed by atoms with Gasteiger partial charge in [0.1, 0.15) is 0 Å². The second kappa shape index (κ2) is 6.06. The summed E-state index contributed by atoms with van der Waals surface area (Å²) in [5.74, 6) is -0.713. The third kappa shape index (κ3) is 3.01. The highest BCUT2D eigenvalue weighted by Gasteiger charge is 2.15. The molecular weight excluding hydrogens is 332 g/mol. The summed E-state index contributed by atoms with van der Waals surface area (Å²) in [4.78, 5) is 25.3. The van der Waals surface area contributed by atoms with E-state index in [4.69, 9.17) is 4.55 Å². The van der Waals surface area contributed by atoms with Crippen molar-refractivity contribution in [2.75, 3.05) is 5.75 Å². The molecule has 2 aromatic carbocycles. The molecular formula is C16H14N2O5S. The summed E-state index contributed by atoms with van der Waals surface area (Å²) in [6, 6.07) is 15.3. The van der Waals surface area contributed by atoms with Gasteiger partial charge in [0, 0.05) is 6.54 Å². The number of benzene rings is 2. The molecule has 0 spiro atoms. The number of hydrogen-bond acceptors (Lipinski definition) is 4. The van der Waals surface area contributed by atoms with E-state index < -0.39 is 33.7 Å². The average Bonchev–Trinajstić information content (AvgIpc) is 2.55. The normalized spacial score (nSPS) is 11.7. The second-order valence-corrected chi connectivity index (χ2v) is 6.79. The van der Waals surface area contributed by atoms with Crippen LogP contribution in [0.15, 0.2) is 64.2 Å². The molecule has 1 aromatic heterocycles. The first kappa shape index (κ1) is 16.2. The molecule has 1 N–H and O–H groups in total. The molecule has 0 saturated carbocycles. The van der Waals surface area contributed by atoms with Gasteiger partial charge in [-0.25, -0.2) is 4.79 Å². The molecule has 124 valence electrons. The van der Waals surface area contributed by atoms with E-state index in [0.29, 0.717) is 11.2 Å². The first-order valence-electron chi connectivity index (χ1n) is 7.14. The Labute approximate surface area is 137 Å². The monoisotopic (exact) mass is 346 g/mol. The van der Waals surface area contributed by atoms with Crippen LogP contribution in [-0.2, 0) is 16.7 Å². The van der Waals surface area contributed by atoms with Gasteiger partial charge in [0.15, 0.2) is 0 Å². The largest absolute Gasteiger partial charge is 0.336 e.